The van der Waals surface area contributed by atoms with E-state index in [0.717, 1.165) is 70.7 Å². The van der Waals surface area contributed by atoms with Gasteiger partial charge in [-0.1, -0.05) is 121 Å². The lowest BCUT2D eigenvalue weighted by atomic mass is 9.81. The first-order valence-electron chi connectivity index (χ1n) is 26.7. The zero-order chi connectivity index (χ0) is 54.4. The molecule has 16 nitrogen and oxygen atoms in total. The highest BCUT2D eigenvalue weighted by atomic mass is 32.2. The Kier molecular flexibility index (Phi) is 13.9. The number of carbonyl (C=O) groups is 2. The monoisotopic (exact) mass is 1100 g/mol. The van der Waals surface area contributed by atoms with E-state index in [4.69, 9.17) is 14.5 Å². The van der Waals surface area contributed by atoms with E-state index in [1.54, 1.807) is 76.8 Å². The number of benzene rings is 6. The molecule has 12 rings (SSSR count). The van der Waals surface area contributed by atoms with Crippen LogP contribution >= 0.6 is 0 Å². The number of aromatic nitrogens is 2. The number of amides is 2. The second-order valence-corrected chi connectivity index (χ2v) is 25.4. The molecule has 79 heavy (non-hydrogen) atoms. The summed E-state index contributed by atoms with van der Waals surface area (Å²) in [5.41, 5.74) is 3.22. The van der Waals surface area contributed by atoms with Gasteiger partial charge in [0.2, 0.25) is 11.8 Å². The van der Waals surface area contributed by atoms with E-state index in [1.165, 1.54) is 6.33 Å². The van der Waals surface area contributed by atoms with Gasteiger partial charge < -0.3 is 24.6 Å². The van der Waals surface area contributed by atoms with Gasteiger partial charge in [-0.15, -0.1) is 0 Å². The summed E-state index contributed by atoms with van der Waals surface area (Å²) in [6.07, 6.45) is 3.43. The van der Waals surface area contributed by atoms with E-state index in [-0.39, 0.29) is 65.7 Å². The van der Waals surface area contributed by atoms with Crippen LogP contribution in [0.2, 0.25) is 0 Å². The molecule has 5 atom stereocenters. The van der Waals surface area contributed by atoms with Gasteiger partial charge in [0, 0.05) is 88.8 Å². The number of rotatable bonds is 15. The molecule has 0 spiro atoms. The van der Waals surface area contributed by atoms with Gasteiger partial charge in [-0.2, -0.15) is 0 Å². The van der Waals surface area contributed by atoms with Gasteiger partial charge in [-0.05, 0) is 82.3 Å². The lowest BCUT2D eigenvalue weighted by molar-refractivity contribution is -0.141. The zero-order valence-corrected chi connectivity index (χ0v) is 45.3. The Hall–Kier alpha value is -7.45. The Labute approximate surface area is 460 Å². The van der Waals surface area contributed by atoms with Crippen LogP contribution in [-0.4, -0.2) is 128 Å². The molecular formula is C61H60N8O8S2. The Morgan fingerprint density at radius 3 is 1.76 bits per heavy atom. The van der Waals surface area contributed by atoms with E-state index in [0.29, 0.717) is 18.0 Å². The average Bonchev–Trinajstić information content (AvgIpc) is 4.21. The van der Waals surface area contributed by atoms with Crippen molar-refractivity contribution in [3.8, 4) is 11.1 Å². The highest BCUT2D eigenvalue weighted by molar-refractivity contribution is 7.91. The molecule has 5 aliphatic rings. The maximum Gasteiger partial charge on any atom is 0.256 e. The molecule has 404 valence electrons. The summed E-state index contributed by atoms with van der Waals surface area (Å²) in [4.78, 5) is 50.2. The molecule has 2 fully saturated rings. The van der Waals surface area contributed by atoms with Gasteiger partial charge in [-0.3, -0.25) is 19.8 Å². The van der Waals surface area contributed by atoms with E-state index in [9.17, 15) is 16.8 Å². The van der Waals surface area contributed by atoms with Crippen molar-refractivity contribution in [1.29, 1.82) is 0 Å². The SMILES string of the molecule is CC1(c2ccc(-c3ccc(S(=O)(=O)CCN4Cc5ccccc5[C@@H]5OC(c6ccccc6)=N[C@]5(CN5CCNCC5)C4=O)cc3)cc2)N[C@]2(Cc3cncnc3)C(=O)N(CCS(=O)(=O)c3ccccc3)Cc3ccccc3[C@@H]2O1. The fourth-order valence-corrected chi connectivity index (χ4v) is 14.5. The van der Waals surface area contributed by atoms with Crippen LogP contribution in [-0.2, 0) is 64.0 Å². The third-order valence-corrected chi connectivity index (χ3v) is 19.5. The van der Waals surface area contributed by atoms with Gasteiger partial charge >= 0.3 is 0 Å². The Bertz CT molecular complexity index is 3670. The first-order chi connectivity index (χ1) is 38.2. The van der Waals surface area contributed by atoms with Gasteiger partial charge in [0.05, 0.1) is 21.3 Å². The molecule has 0 aliphatic carbocycles. The normalized spacial score (nSPS) is 24.1. The minimum Gasteiger partial charge on any atom is -0.466 e. The van der Waals surface area contributed by atoms with Crippen molar-refractivity contribution in [1.82, 2.24) is 35.3 Å². The largest absolute Gasteiger partial charge is 0.466 e. The summed E-state index contributed by atoms with van der Waals surface area (Å²) in [6.45, 7) is 5.53. The standard InChI is InChI=1S/C61H60N8O8S2/c1-59(66-60(36-43-37-63-42-64-38-43)55(77-59)53-19-11-9-15-48(53)40-68(57(60)70)32-34-78(72,73)50-16-6-3-7-17-50)49-24-20-44(21-25-49)45-22-26-51(27-23-45)79(74,75)35-33-69-39-47-14-8-10-18-52(47)54-61(58(69)71,41-67-30-28-62-29-31-67)65-56(76-54)46-12-4-2-5-13-46/h2-27,37-38,42,54-55,62,66H,28-36,39-41H2,1H3/t54-,55-,59?,60-,61-/m0/s1. The number of piperazine rings is 1. The van der Waals surface area contributed by atoms with Crippen LogP contribution < -0.4 is 10.6 Å². The zero-order valence-electron chi connectivity index (χ0n) is 43.6. The highest BCUT2D eigenvalue weighted by Gasteiger charge is 2.62. The second-order valence-electron chi connectivity index (χ2n) is 21.2. The second kappa shape index (κ2) is 21.0. The predicted molar refractivity (Wildman–Crippen MR) is 298 cm³/mol. The molecule has 2 saturated heterocycles. The molecule has 0 bridgehead atoms. The molecule has 5 aliphatic heterocycles. The van der Waals surface area contributed by atoms with E-state index in [2.05, 4.69) is 25.5 Å². The highest BCUT2D eigenvalue weighted by Crippen LogP contribution is 2.50. The minimum atomic E-state index is -3.89. The molecule has 2 amide bonds. The number of fused-ring (bicyclic) bond motifs is 6. The number of nitrogens with one attached hydrogen (secondary N) is 2. The minimum absolute atomic E-state index is 0.0492. The van der Waals surface area contributed by atoms with Crippen LogP contribution in [0.25, 0.3) is 11.1 Å². The first kappa shape index (κ1) is 52.3. The van der Waals surface area contributed by atoms with Crippen molar-refractivity contribution in [2.24, 2.45) is 4.99 Å². The smallest absolute Gasteiger partial charge is 0.256 e. The molecule has 2 N–H and O–H groups in total. The molecule has 0 radical (unpaired) electrons. The number of carbonyl (C=O) groups excluding carboxylic acids is 2. The van der Waals surface area contributed by atoms with Gasteiger partial charge in [-0.25, -0.2) is 31.8 Å². The molecule has 0 saturated carbocycles. The number of hydrogen-bond acceptors (Lipinski definition) is 14. The van der Waals surface area contributed by atoms with Crippen LogP contribution in [0.1, 0.15) is 58.1 Å². The number of aliphatic imine (C=N–C) groups is 1. The van der Waals surface area contributed by atoms with Crippen LogP contribution in [0.5, 0.6) is 0 Å². The van der Waals surface area contributed by atoms with Crippen molar-refractivity contribution in [3.05, 3.63) is 215 Å². The van der Waals surface area contributed by atoms with Gasteiger partial charge in [0.1, 0.15) is 23.7 Å². The molecule has 18 heteroatoms. The Morgan fingerprint density at radius 2 is 1.14 bits per heavy atom. The lowest BCUT2D eigenvalue weighted by Crippen LogP contribution is -2.60. The fraction of sp³-hybridized carbons (Fsp3) is 0.295. The van der Waals surface area contributed by atoms with Gasteiger partial charge in [0.15, 0.2) is 31.3 Å². The Balaban J connectivity index is 0.791. The summed E-state index contributed by atoms with van der Waals surface area (Å²) < 4.78 is 69.6. The van der Waals surface area contributed by atoms with Crippen molar-refractivity contribution < 1.29 is 35.9 Å². The van der Waals surface area contributed by atoms with Crippen molar-refractivity contribution in [3.63, 3.8) is 0 Å². The van der Waals surface area contributed by atoms with Crippen LogP contribution in [0.4, 0.5) is 0 Å². The van der Waals surface area contributed by atoms with Crippen molar-refractivity contribution >= 4 is 37.4 Å². The molecule has 7 aromatic rings. The fourth-order valence-electron chi connectivity index (χ4n) is 12.0. The van der Waals surface area contributed by atoms with Crippen molar-refractivity contribution in [2.45, 2.75) is 65.2 Å². The van der Waals surface area contributed by atoms with E-state index < -0.39 is 48.7 Å². The molecule has 6 aromatic carbocycles. The van der Waals surface area contributed by atoms with Gasteiger partial charge in [0.25, 0.3) is 5.91 Å². The van der Waals surface area contributed by atoms with Crippen LogP contribution in [0, 0.1) is 0 Å². The number of hydrogen-bond donors (Lipinski definition) is 2. The Morgan fingerprint density at radius 1 is 0.608 bits per heavy atom. The average molecular weight is 1100 g/mol. The van der Waals surface area contributed by atoms with E-state index >= 15 is 9.59 Å². The number of nitrogens with zero attached hydrogens (tertiary/aromatic N) is 6. The third kappa shape index (κ3) is 9.95. The maximum absolute atomic E-state index is 15.4. The van der Waals surface area contributed by atoms with Crippen LogP contribution in [0.15, 0.2) is 191 Å². The predicted octanol–water partition coefficient (Wildman–Crippen LogP) is 6.45. The third-order valence-electron chi connectivity index (χ3n) is 16.1. The first-order valence-corrected chi connectivity index (χ1v) is 30.0. The van der Waals surface area contributed by atoms with Crippen LogP contribution in [0.3, 0.4) is 0 Å². The maximum atomic E-state index is 15.4. The topological polar surface area (TPSA) is 193 Å². The number of ether oxygens (including phenoxy) is 2. The molecular weight excluding hydrogens is 1040 g/mol. The number of sulfone groups is 2. The summed E-state index contributed by atoms with van der Waals surface area (Å²) in [5.74, 6) is -0.756. The molecule has 1 unspecified atom stereocenters. The summed E-state index contributed by atoms with van der Waals surface area (Å²) in [7, 11) is -7.62. The molecule has 1 aromatic heterocycles. The van der Waals surface area contributed by atoms with Crippen molar-refractivity contribution in [2.75, 3.05) is 57.3 Å². The summed E-state index contributed by atoms with van der Waals surface area (Å²) >= 11 is 0. The summed E-state index contributed by atoms with van der Waals surface area (Å²) in [6, 6.07) is 47.9. The molecule has 6 heterocycles. The van der Waals surface area contributed by atoms with E-state index in [1.807, 2.05) is 110 Å². The quantitative estimate of drug-likeness (QED) is 0.114. The lowest BCUT2D eigenvalue weighted by Gasteiger charge is -2.38. The summed E-state index contributed by atoms with van der Waals surface area (Å²) in [5, 5.41) is 7.08.